The van der Waals surface area contributed by atoms with Crippen LogP contribution in [0.25, 0.3) is 0 Å². The lowest BCUT2D eigenvalue weighted by Gasteiger charge is -2.40. The molecule has 0 saturated carbocycles. The number of carbonyl (C=O) groups is 1. The van der Waals surface area contributed by atoms with Crippen molar-refractivity contribution < 1.29 is 14.3 Å². The van der Waals surface area contributed by atoms with Crippen LogP contribution in [0, 0.1) is 5.92 Å². The molecular weight excluding hydrogens is 254 g/mol. The average molecular weight is 283 g/mol. The minimum Gasteiger partial charge on any atom is -0.463 e. The van der Waals surface area contributed by atoms with Crippen LogP contribution in [0.5, 0.6) is 0 Å². The number of carbonyl (C=O) groups excluding carboxylic acids is 1. The molecule has 0 fully saturated rings. The van der Waals surface area contributed by atoms with Crippen molar-refractivity contribution in [2.24, 2.45) is 5.92 Å². The van der Waals surface area contributed by atoms with Gasteiger partial charge >= 0.3 is 5.97 Å². The zero-order valence-electron chi connectivity index (χ0n) is 13.6. The predicted octanol–water partition coefficient (Wildman–Crippen LogP) is 3.33. The molecule has 0 radical (unpaired) electrons. The normalized spacial score (nSPS) is 21.1. The van der Waals surface area contributed by atoms with E-state index in [9.17, 15) is 4.79 Å². The molecule has 0 aromatic rings. The van der Waals surface area contributed by atoms with Crippen LogP contribution in [-0.4, -0.2) is 36.9 Å². The summed E-state index contributed by atoms with van der Waals surface area (Å²) in [6.45, 7) is 12.3. The Bertz CT molecular complexity index is 352. The van der Waals surface area contributed by atoms with Crippen LogP contribution in [0.1, 0.15) is 53.9 Å². The molecule has 0 bridgehead atoms. The van der Waals surface area contributed by atoms with E-state index in [2.05, 4.69) is 18.7 Å². The highest BCUT2D eigenvalue weighted by Crippen LogP contribution is 2.29. The number of hydrogen-bond donors (Lipinski definition) is 0. The topological polar surface area (TPSA) is 38.8 Å². The van der Waals surface area contributed by atoms with Crippen LogP contribution < -0.4 is 0 Å². The number of nitrogens with zero attached hydrogens (tertiary/aromatic N) is 1. The van der Waals surface area contributed by atoms with Crippen molar-refractivity contribution in [1.82, 2.24) is 4.90 Å². The lowest BCUT2D eigenvalue weighted by molar-refractivity contribution is -0.139. The van der Waals surface area contributed by atoms with Gasteiger partial charge < -0.3 is 14.4 Å². The molecule has 2 unspecified atom stereocenters. The van der Waals surface area contributed by atoms with Gasteiger partial charge in [-0.25, -0.2) is 4.79 Å². The molecule has 0 spiro atoms. The van der Waals surface area contributed by atoms with Gasteiger partial charge in [-0.2, -0.15) is 0 Å². The average Bonchev–Trinajstić information content (AvgIpc) is 2.43. The summed E-state index contributed by atoms with van der Waals surface area (Å²) >= 11 is 0. The van der Waals surface area contributed by atoms with Gasteiger partial charge in [0.25, 0.3) is 0 Å². The second kappa shape index (κ2) is 8.30. The Kier molecular flexibility index (Phi) is 7.06. The number of ether oxygens (including phenoxy) is 2. The van der Waals surface area contributed by atoms with E-state index in [1.54, 1.807) is 0 Å². The summed E-state index contributed by atoms with van der Waals surface area (Å²) in [6, 6.07) is 0. The van der Waals surface area contributed by atoms with Gasteiger partial charge in [-0.1, -0.05) is 20.3 Å². The molecule has 4 nitrogen and oxygen atoms in total. The fraction of sp³-hybridized carbons (Fsp3) is 0.812. The van der Waals surface area contributed by atoms with Crippen molar-refractivity contribution in [1.29, 1.82) is 0 Å². The van der Waals surface area contributed by atoms with E-state index >= 15 is 0 Å². The van der Waals surface area contributed by atoms with E-state index in [0.29, 0.717) is 19.1 Å². The predicted molar refractivity (Wildman–Crippen MR) is 80.1 cm³/mol. The lowest BCUT2D eigenvalue weighted by atomic mass is 9.99. The minimum atomic E-state index is -0.172. The zero-order chi connectivity index (χ0) is 15.1. The van der Waals surface area contributed by atoms with E-state index in [0.717, 1.165) is 37.1 Å². The Hall–Kier alpha value is -1.03. The highest BCUT2D eigenvalue weighted by atomic mass is 16.5. The van der Waals surface area contributed by atoms with Crippen LogP contribution in [-0.2, 0) is 14.3 Å². The number of allylic oxidation sites excluding steroid dienone is 1. The molecule has 4 heteroatoms. The summed E-state index contributed by atoms with van der Waals surface area (Å²) in [5, 5.41) is 0. The van der Waals surface area contributed by atoms with Gasteiger partial charge in [0, 0.05) is 18.8 Å². The molecule has 0 N–H and O–H groups in total. The maximum atomic E-state index is 12.0. The molecule has 1 heterocycles. The zero-order valence-corrected chi connectivity index (χ0v) is 13.6. The van der Waals surface area contributed by atoms with Crippen LogP contribution in [0.15, 0.2) is 11.3 Å². The second-order valence-electron chi connectivity index (χ2n) is 5.40. The van der Waals surface area contributed by atoms with Crippen molar-refractivity contribution in [3.8, 4) is 0 Å². The van der Waals surface area contributed by atoms with Gasteiger partial charge in [0.15, 0.2) is 0 Å². The van der Waals surface area contributed by atoms with Gasteiger partial charge in [-0.05, 0) is 39.5 Å². The number of hydrogen-bond acceptors (Lipinski definition) is 4. The van der Waals surface area contributed by atoms with Crippen molar-refractivity contribution in [2.45, 2.75) is 60.1 Å². The molecule has 2 atom stereocenters. The van der Waals surface area contributed by atoms with Gasteiger partial charge in [0.1, 0.15) is 6.23 Å². The molecule has 20 heavy (non-hydrogen) atoms. The number of rotatable bonds is 7. The van der Waals surface area contributed by atoms with Gasteiger partial charge in [-0.3, -0.25) is 0 Å². The Balaban J connectivity index is 2.93. The first-order valence-corrected chi connectivity index (χ1v) is 7.80. The highest BCUT2D eigenvalue weighted by Gasteiger charge is 2.30. The fourth-order valence-electron chi connectivity index (χ4n) is 2.55. The first kappa shape index (κ1) is 17.0. The van der Waals surface area contributed by atoms with Crippen LogP contribution in [0.2, 0.25) is 0 Å². The molecule has 0 saturated heterocycles. The molecule has 0 aromatic carbocycles. The third kappa shape index (κ3) is 4.23. The summed E-state index contributed by atoms with van der Waals surface area (Å²) in [5.74, 6) is 0.406. The van der Waals surface area contributed by atoms with Crippen molar-refractivity contribution in [3.05, 3.63) is 11.3 Å². The lowest BCUT2D eigenvalue weighted by Crippen LogP contribution is -2.42. The van der Waals surface area contributed by atoms with Gasteiger partial charge in [0.2, 0.25) is 0 Å². The number of esters is 1. The first-order valence-electron chi connectivity index (χ1n) is 7.80. The van der Waals surface area contributed by atoms with Crippen molar-refractivity contribution in [3.63, 3.8) is 0 Å². The summed E-state index contributed by atoms with van der Waals surface area (Å²) in [5.41, 5.74) is 1.83. The van der Waals surface area contributed by atoms with Gasteiger partial charge in [-0.15, -0.1) is 0 Å². The second-order valence-corrected chi connectivity index (χ2v) is 5.40. The summed E-state index contributed by atoms with van der Waals surface area (Å²) in [7, 11) is 0. The monoisotopic (exact) mass is 283 g/mol. The first-order chi connectivity index (χ1) is 9.54. The smallest absolute Gasteiger partial charge is 0.335 e. The molecular formula is C16H29NO3. The summed E-state index contributed by atoms with van der Waals surface area (Å²) in [6.07, 6.45) is 2.81. The Labute approximate surface area is 123 Å². The van der Waals surface area contributed by atoms with Gasteiger partial charge in [0.05, 0.1) is 12.2 Å². The van der Waals surface area contributed by atoms with Crippen molar-refractivity contribution >= 4 is 5.97 Å². The van der Waals surface area contributed by atoms with E-state index < -0.39 is 0 Å². The van der Waals surface area contributed by atoms with E-state index in [1.165, 1.54) is 0 Å². The molecule has 116 valence electrons. The summed E-state index contributed by atoms with van der Waals surface area (Å²) < 4.78 is 11.0. The van der Waals surface area contributed by atoms with Crippen LogP contribution in [0.4, 0.5) is 0 Å². The fourth-order valence-corrected chi connectivity index (χ4v) is 2.55. The molecule has 1 aliphatic rings. The molecule has 0 aliphatic carbocycles. The van der Waals surface area contributed by atoms with E-state index in [4.69, 9.17) is 9.47 Å². The maximum Gasteiger partial charge on any atom is 0.335 e. The van der Waals surface area contributed by atoms with E-state index in [-0.39, 0.29) is 12.2 Å². The molecule has 1 rings (SSSR count). The Morgan fingerprint density at radius 1 is 1.35 bits per heavy atom. The van der Waals surface area contributed by atoms with Crippen LogP contribution >= 0.6 is 0 Å². The third-order valence-corrected chi connectivity index (χ3v) is 3.94. The Morgan fingerprint density at radius 3 is 2.60 bits per heavy atom. The maximum absolute atomic E-state index is 12.0. The molecule has 0 aromatic heterocycles. The standard InChI is InChI=1S/C16H29NO3/c1-6-12(4)11-17-13(5)14(16(18)20-8-3)9-10-15(17)19-7-2/h12,15H,6-11H2,1-5H3. The Morgan fingerprint density at radius 2 is 2.05 bits per heavy atom. The minimum absolute atomic E-state index is 0.0900. The molecule has 0 amide bonds. The highest BCUT2D eigenvalue weighted by molar-refractivity contribution is 5.89. The molecule has 1 aliphatic heterocycles. The SMILES string of the molecule is CCOC(=O)C1=C(C)N(CC(C)CC)C(OCC)CC1. The van der Waals surface area contributed by atoms with Crippen molar-refractivity contribution in [2.75, 3.05) is 19.8 Å². The third-order valence-electron chi connectivity index (χ3n) is 3.94. The van der Waals surface area contributed by atoms with Crippen LogP contribution in [0.3, 0.4) is 0 Å². The van der Waals surface area contributed by atoms with E-state index in [1.807, 2.05) is 20.8 Å². The quantitative estimate of drug-likeness (QED) is 0.672. The largest absolute Gasteiger partial charge is 0.463 e. The summed E-state index contributed by atoms with van der Waals surface area (Å²) in [4.78, 5) is 14.3.